The van der Waals surface area contributed by atoms with E-state index < -0.39 is 34.8 Å². The molecule has 0 bridgehead atoms. The Balaban J connectivity index is 1.65. The van der Waals surface area contributed by atoms with Gasteiger partial charge in [-0.2, -0.15) is 8.78 Å². The Bertz CT molecular complexity index is 1340. The van der Waals surface area contributed by atoms with Crippen molar-refractivity contribution < 1.29 is 41.4 Å². The third kappa shape index (κ3) is 8.31. The molecule has 0 atom stereocenters. The Morgan fingerprint density at radius 1 is 0.707 bits per heavy atom. The number of aldehydes is 1. The molecule has 0 radical (unpaired) electrons. The number of halogens is 4. The molecular weight excluding hydrogens is 540 g/mol. The molecule has 3 aromatic rings. The first-order valence-electron chi connectivity index (χ1n) is 13.9. The number of rotatable bonds is 16. The van der Waals surface area contributed by atoms with Crippen LogP contribution in [0.4, 0.5) is 17.6 Å². The third-order valence-corrected chi connectivity index (χ3v) is 6.52. The van der Waals surface area contributed by atoms with Gasteiger partial charge in [-0.05, 0) is 55.3 Å². The van der Waals surface area contributed by atoms with Gasteiger partial charge in [-0.1, -0.05) is 57.9 Å². The van der Waals surface area contributed by atoms with E-state index in [0.717, 1.165) is 31.4 Å². The van der Waals surface area contributed by atoms with E-state index in [9.17, 15) is 27.2 Å². The lowest BCUT2D eigenvalue weighted by Gasteiger charge is -2.12. The van der Waals surface area contributed by atoms with Crippen molar-refractivity contribution in [2.45, 2.75) is 65.2 Å². The van der Waals surface area contributed by atoms with Crippen molar-refractivity contribution in [2.75, 3.05) is 13.2 Å². The van der Waals surface area contributed by atoms with E-state index in [4.69, 9.17) is 14.2 Å². The van der Waals surface area contributed by atoms with Crippen molar-refractivity contribution in [3.05, 3.63) is 76.9 Å². The molecule has 3 aromatic carbocycles. The standard InChI is InChI=1S/C32H34F4O5/c1-3-5-6-7-8-9-10-11-18-40-27-17-14-24(29(34)31(27)36)32(38)41-25-15-12-21(19-22(25)20-37)23-13-16-26(39-4-2)30(35)28(23)33/h12-17,19-20H,3-11,18H2,1-2H3. The van der Waals surface area contributed by atoms with Gasteiger partial charge in [0, 0.05) is 5.56 Å². The second-order valence-corrected chi connectivity index (χ2v) is 9.49. The summed E-state index contributed by atoms with van der Waals surface area (Å²) in [6.07, 6.45) is 8.95. The van der Waals surface area contributed by atoms with Gasteiger partial charge in [0.1, 0.15) is 5.75 Å². The van der Waals surface area contributed by atoms with Gasteiger partial charge in [-0.25, -0.2) is 13.6 Å². The largest absolute Gasteiger partial charge is 0.491 e. The second-order valence-electron chi connectivity index (χ2n) is 9.49. The number of carbonyl (C=O) groups excluding carboxylic acids is 2. The van der Waals surface area contributed by atoms with Crippen molar-refractivity contribution in [1.82, 2.24) is 0 Å². The zero-order chi connectivity index (χ0) is 29.8. The monoisotopic (exact) mass is 574 g/mol. The van der Waals surface area contributed by atoms with E-state index in [1.807, 2.05) is 0 Å². The SMILES string of the molecule is CCCCCCCCCCOc1ccc(C(=O)Oc2ccc(-c3ccc(OCC)c(F)c3F)cc2C=O)c(F)c1F. The lowest BCUT2D eigenvalue weighted by atomic mass is 10.0. The molecule has 0 spiro atoms. The molecule has 0 aliphatic rings. The van der Waals surface area contributed by atoms with Gasteiger partial charge in [0.15, 0.2) is 29.4 Å². The molecule has 220 valence electrons. The van der Waals surface area contributed by atoms with Gasteiger partial charge < -0.3 is 14.2 Å². The van der Waals surface area contributed by atoms with E-state index in [0.29, 0.717) is 12.7 Å². The topological polar surface area (TPSA) is 61.8 Å². The van der Waals surface area contributed by atoms with Gasteiger partial charge in [-0.3, -0.25) is 4.79 Å². The fourth-order valence-corrected chi connectivity index (χ4v) is 4.30. The first-order chi connectivity index (χ1) is 19.8. The first kappa shape index (κ1) is 31.6. The highest BCUT2D eigenvalue weighted by atomic mass is 19.2. The van der Waals surface area contributed by atoms with Crippen LogP contribution in [0.3, 0.4) is 0 Å². The second kappa shape index (κ2) is 15.8. The molecule has 0 N–H and O–H groups in total. The molecule has 0 saturated carbocycles. The third-order valence-electron chi connectivity index (χ3n) is 6.52. The van der Waals surface area contributed by atoms with E-state index in [1.165, 1.54) is 56.0 Å². The number of esters is 1. The number of hydrogen-bond acceptors (Lipinski definition) is 5. The number of unbranched alkanes of at least 4 members (excludes halogenated alkanes) is 7. The number of benzene rings is 3. The molecule has 5 nitrogen and oxygen atoms in total. The molecular formula is C32H34F4O5. The zero-order valence-corrected chi connectivity index (χ0v) is 23.2. The maximum absolute atomic E-state index is 14.7. The van der Waals surface area contributed by atoms with Crippen LogP contribution in [0, 0.1) is 23.3 Å². The van der Waals surface area contributed by atoms with Crippen LogP contribution in [-0.4, -0.2) is 25.5 Å². The van der Waals surface area contributed by atoms with Gasteiger partial charge in [-0.15, -0.1) is 0 Å². The summed E-state index contributed by atoms with van der Waals surface area (Å²) >= 11 is 0. The Morgan fingerprint density at radius 3 is 2.00 bits per heavy atom. The fourth-order valence-electron chi connectivity index (χ4n) is 4.30. The Hall–Kier alpha value is -3.88. The minimum absolute atomic E-state index is 0.126. The first-order valence-corrected chi connectivity index (χ1v) is 13.9. The predicted molar refractivity (Wildman–Crippen MR) is 148 cm³/mol. The molecule has 9 heteroatoms. The number of carbonyl (C=O) groups is 2. The molecule has 3 rings (SSSR count). The van der Waals surface area contributed by atoms with Gasteiger partial charge in [0.2, 0.25) is 11.6 Å². The van der Waals surface area contributed by atoms with Crippen molar-refractivity contribution in [3.8, 4) is 28.4 Å². The van der Waals surface area contributed by atoms with Crippen LogP contribution < -0.4 is 14.2 Å². The van der Waals surface area contributed by atoms with Crippen LogP contribution >= 0.6 is 0 Å². The van der Waals surface area contributed by atoms with Crippen LogP contribution in [0.25, 0.3) is 11.1 Å². The summed E-state index contributed by atoms with van der Waals surface area (Å²) in [7, 11) is 0. The van der Waals surface area contributed by atoms with Crippen LogP contribution in [0.5, 0.6) is 17.2 Å². The van der Waals surface area contributed by atoms with Crippen LogP contribution in [0.15, 0.2) is 42.5 Å². The smallest absolute Gasteiger partial charge is 0.346 e. The van der Waals surface area contributed by atoms with Crippen LogP contribution in [0.2, 0.25) is 0 Å². The molecule has 0 fully saturated rings. The fraction of sp³-hybridized carbons (Fsp3) is 0.375. The zero-order valence-electron chi connectivity index (χ0n) is 23.2. The Labute approximate surface area is 237 Å². The summed E-state index contributed by atoms with van der Waals surface area (Å²) in [5.74, 6) is -7.22. The highest BCUT2D eigenvalue weighted by Gasteiger charge is 2.23. The summed E-state index contributed by atoms with van der Waals surface area (Å²) in [5.41, 5.74) is -0.901. The highest BCUT2D eigenvalue weighted by molar-refractivity contribution is 5.93. The van der Waals surface area contributed by atoms with Crippen molar-refractivity contribution in [2.24, 2.45) is 0 Å². The maximum atomic E-state index is 14.7. The summed E-state index contributed by atoms with van der Waals surface area (Å²) in [6.45, 7) is 4.15. The van der Waals surface area contributed by atoms with Crippen LogP contribution in [0.1, 0.15) is 85.9 Å². The Morgan fingerprint density at radius 2 is 1.32 bits per heavy atom. The molecule has 0 saturated heterocycles. The maximum Gasteiger partial charge on any atom is 0.346 e. The molecule has 41 heavy (non-hydrogen) atoms. The van der Waals surface area contributed by atoms with Crippen molar-refractivity contribution in [1.29, 1.82) is 0 Å². The van der Waals surface area contributed by atoms with E-state index in [2.05, 4.69) is 6.92 Å². The average molecular weight is 575 g/mol. The highest BCUT2D eigenvalue weighted by Crippen LogP contribution is 2.33. The number of ether oxygens (including phenoxy) is 3. The lowest BCUT2D eigenvalue weighted by molar-refractivity contribution is 0.0727. The molecule has 0 heterocycles. The predicted octanol–water partition coefficient (Wildman–Crippen LogP) is 8.86. The summed E-state index contributed by atoms with van der Waals surface area (Å²) in [5, 5.41) is 0. The Kier molecular flexibility index (Phi) is 12.2. The summed E-state index contributed by atoms with van der Waals surface area (Å²) in [6, 6.07) is 8.39. The van der Waals surface area contributed by atoms with E-state index >= 15 is 0 Å². The molecule has 0 unspecified atom stereocenters. The molecule has 0 aliphatic heterocycles. The number of hydrogen-bond donors (Lipinski definition) is 0. The van der Waals surface area contributed by atoms with Gasteiger partial charge in [0.25, 0.3) is 0 Å². The van der Waals surface area contributed by atoms with E-state index in [-0.39, 0.29) is 47.2 Å². The minimum Gasteiger partial charge on any atom is -0.491 e. The average Bonchev–Trinajstić information content (AvgIpc) is 2.97. The van der Waals surface area contributed by atoms with Crippen LogP contribution in [-0.2, 0) is 0 Å². The summed E-state index contributed by atoms with van der Waals surface area (Å²) < 4.78 is 73.8. The van der Waals surface area contributed by atoms with Crippen molar-refractivity contribution in [3.63, 3.8) is 0 Å². The van der Waals surface area contributed by atoms with Gasteiger partial charge in [0.05, 0.1) is 24.3 Å². The van der Waals surface area contributed by atoms with E-state index in [1.54, 1.807) is 6.92 Å². The molecule has 0 aromatic heterocycles. The quantitative estimate of drug-likeness (QED) is 0.0562. The normalized spacial score (nSPS) is 10.9. The van der Waals surface area contributed by atoms with Gasteiger partial charge >= 0.3 is 5.97 Å². The lowest BCUT2D eigenvalue weighted by Crippen LogP contribution is -2.13. The van der Waals surface area contributed by atoms with Crippen molar-refractivity contribution >= 4 is 12.3 Å². The molecule has 0 aliphatic carbocycles. The minimum atomic E-state index is -1.44. The molecule has 0 amide bonds. The summed E-state index contributed by atoms with van der Waals surface area (Å²) in [4.78, 5) is 24.3.